The number of phenolic OH excluding ortho intramolecular Hbond substituents is 1. The van der Waals surface area contributed by atoms with Crippen LogP contribution in [0.4, 0.5) is 0 Å². The zero-order chi connectivity index (χ0) is 24.3. The number of amides is 3. The van der Waals surface area contributed by atoms with Gasteiger partial charge in [-0.25, -0.2) is 0 Å². The fraction of sp³-hybridized carbons (Fsp3) is 0.200. The van der Waals surface area contributed by atoms with Gasteiger partial charge < -0.3 is 5.11 Å². The van der Waals surface area contributed by atoms with Gasteiger partial charge in [-0.3, -0.25) is 30.1 Å². The van der Waals surface area contributed by atoms with Crippen LogP contribution in [0.2, 0.25) is 0 Å². The summed E-state index contributed by atoms with van der Waals surface area (Å²) in [6, 6.07) is 15.9. The van der Waals surface area contributed by atoms with Gasteiger partial charge in [-0.2, -0.15) is 0 Å². The Balaban J connectivity index is 1.34. The number of rotatable bonds is 9. The van der Waals surface area contributed by atoms with Crippen LogP contribution < -0.4 is 10.9 Å². The fourth-order valence-electron chi connectivity index (χ4n) is 3.17. The van der Waals surface area contributed by atoms with E-state index in [0.717, 1.165) is 12.0 Å². The molecular formula is C25H25N3O4S2. The van der Waals surface area contributed by atoms with Crippen LogP contribution in [0.15, 0.2) is 71.7 Å². The molecule has 2 aromatic rings. The number of nitrogens with one attached hydrogen (secondary N) is 2. The summed E-state index contributed by atoms with van der Waals surface area (Å²) in [4.78, 5) is 38.7. The number of benzene rings is 2. The molecule has 9 heteroatoms. The molecule has 0 saturated carbocycles. The van der Waals surface area contributed by atoms with Crippen molar-refractivity contribution in [3.8, 4) is 5.75 Å². The minimum Gasteiger partial charge on any atom is -0.507 e. The third-order valence-corrected chi connectivity index (χ3v) is 6.36. The van der Waals surface area contributed by atoms with Crippen molar-refractivity contribution in [1.29, 1.82) is 0 Å². The van der Waals surface area contributed by atoms with E-state index >= 15 is 0 Å². The Labute approximate surface area is 207 Å². The number of carbonyl (C=O) groups is 3. The number of hydrogen-bond donors (Lipinski definition) is 3. The highest BCUT2D eigenvalue weighted by molar-refractivity contribution is 8.26. The number of phenols is 1. The van der Waals surface area contributed by atoms with Gasteiger partial charge in [0.15, 0.2) is 0 Å². The van der Waals surface area contributed by atoms with Crippen molar-refractivity contribution in [2.45, 2.75) is 25.7 Å². The predicted molar refractivity (Wildman–Crippen MR) is 138 cm³/mol. The van der Waals surface area contributed by atoms with Crippen LogP contribution in [0.3, 0.4) is 0 Å². The van der Waals surface area contributed by atoms with Gasteiger partial charge in [-0.1, -0.05) is 85.0 Å². The lowest BCUT2D eigenvalue weighted by atomic mass is 10.2. The van der Waals surface area contributed by atoms with Crippen molar-refractivity contribution in [2.24, 2.45) is 0 Å². The molecule has 34 heavy (non-hydrogen) atoms. The highest BCUT2D eigenvalue weighted by Gasteiger charge is 2.30. The van der Waals surface area contributed by atoms with Gasteiger partial charge in [0.05, 0.1) is 10.5 Å². The first-order valence-electron chi connectivity index (χ1n) is 10.8. The normalized spacial score (nSPS) is 14.7. The molecular weight excluding hydrogens is 470 g/mol. The highest BCUT2D eigenvalue weighted by atomic mass is 32.2. The summed E-state index contributed by atoms with van der Waals surface area (Å²) in [6.45, 7) is 0.496. The molecule has 0 unspecified atom stereocenters. The zero-order valence-corrected chi connectivity index (χ0v) is 20.0. The SMILES string of the molecule is O=C(CCCCCN1C(=O)/C(=C\C=C/c2ccccc2)SC1=S)NNC(=O)c1ccccc1O. The standard InChI is InChI=1S/C25H25N3O4S2/c29-20-14-7-6-13-19(20)23(31)27-26-22(30)16-5-2-8-17-28-24(32)21(34-25(28)33)15-9-12-18-10-3-1-4-11-18/h1,3-4,6-7,9-15,29H,2,5,8,16-17H2,(H,26,30)(H,27,31)/b12-9-,21-15+. The van der Waals surface area contributed by atoms with E-state index in [-0.39, 0.29) is 29.5 Å². The fourth-order valence-corrected chi connectivity index (χ4v) is 4.43. The highest BCUT2D eigenvalue weighted by Crippen LogP contribution is 2.31. The molecule has 3 amide bonds. The molecule has 7 nitrogen and oxygen atoms in total. The maximum atomic E-state index is 12.6. The molecule has 0 atom stereocenters. The van der Waals surface area contributed by atoms with Gasteiger partial charge in [0.2, 0.25) is 5.91 Å². The summed E-state index contributed by atoms with van der Waals surface area (Å²) in [6.07, 6.45) is 7.81. The lowest BCUT2D eigenvalue weighted by Crippen LogP contribution is -2.41. The molecule has 0 aromatic heterocycles. The van der Waals surface area contributed by atoms with Crippen molar-refractivity contribution in [3.63, 3.8) is 0 Å². The topological polar surface area (TPSA) is 98.7 Å². The van der Waals surface area contributed by atoms with E-state index in [1.807, 2.05) is 42.5 Å². The minimum absolute atomic E-state index is 0.0795. The Morgan fingerprint density at radius 1 is 1.00 bits per heavy atom. The summed E-state index contributed by atoms with van der Waals surface area (Å²) in [7, 11) is 0. The summed E-state index contributed by atoms with van der Waals surface area (Å²) in [5, 5.41) is 9.66. The van der Waals surface area contributed by atoms with Crippen LogP contribution >= 0.6 is 24.0 Å². The number of thiocarbonyl (C=S) groups is 1. The molecule has 3 rings (SSSR count). The second-order valence-electron chi connectivity index (χ2n) is 7.46. The van der Waals surface area contributed by atoms with E-state index in [1.54, 1.807) is 23.1 Å². The Bertz CT molecular complexity index is 1120. The van der Waals surface area contributed by atoms with Crippen LogP contribution in [0.25, 0.3) is 6.08 Å². The quantitative estimate of drug-likeness (QED) is 0.209. The number of allylic oxidation sites excluding steroid dienone is 2. The first kappa shape index (κ1) is 25.2. The van der Waals surface area contributed by atoms with E-state index in [0.29, 0.717) is 28.6 Å². The minimum atomic E-state index is -0.590. The lowest BCUT2D eigenvalue weighted by molar-refractivity contribution is -0.123. The Hall–Kier alpha value is -3.43. The van der Waals surface area contributed by atoms with Gasteiger partial charge >= 0.3 is 0 Å². The summed E-state index contributed by atoms with van der Waals surface area (Å²) in [5.41, 5.74) is 5.76. The largest absolute Gasteiger partial charge is 0.507 e. The van der Waals surface area contributed by atoms with Crippen LogP contribution in [0.5, 0.6) is 5.75 Å². The number of nitrogens with zero attached hydrogens (tertiary/aromatic N) is 1. The van der Waals surface area contributed by atoms with Crippen LogP contribution in [-0.4, -0.2) is 38.6 Å². The van der Waals surface area contributed by atoms with Crippen molar-refractivity contribution in [1.82, 2.24) is 15.8 Å². The molecule has 1 fully saturated rings. The lowest BCUT2D eigenvalue weighted by Gasteiger charge is -2.14. The summed E-state index contributed by atoms with van der Waals surface area (Å²) in [5.74, 6) is -1.18. The number of thioether (sulfide) groups is 1. The third-order valence-electron chi connectivity index (χ3n) is 4.96. The van der Waals surface area contributed by atoms with E-state index in [9.17, 15) is 19.5 Å². The van der Waals surface area contributed by atoms with E-state index in [4.69, 9.17) is 12.2 Å². The first-order chi connectivity index (χ1) is 16.5. The molecule has 0 bridgehead atoms. The number of unbranched alkanes of at least 4 members (excludes halogenated alkanes) is 2. The molecule has 2 aromatic carbocycles. The molecule has 3 N–H and O–H groups in total. The maximum absolute atomic E-state index is 12.6. The van der Waals surface area contributed by atoms with Gasteiger partial charge in [-0.15, -0.1) is 0 Å². The predicted octanol–water partition coefficient (Wildman–Crippen LogP) is 4.17. The number of para-hydroxylation sites is 1. The number of aromatic hydroxyl groups is 1. The van der Waals surface area contributed by atoms with E-state index < -0.39 is 5.91 Å². The smallest absolute Gasteiger partial charge is 0.273 e. The van der Waals surface area contributed by atoms with Gasteiger partial charge in [0.25, 0.3) is 11.8 Å². The molecule has 1 saturated heterocycles. The van der Waals surface area contributed by atoms with Crippen LogP contribution in [0, 0.1) is 0 Å². The molecule has 1 aliphatic heterocycles. The molecule has 0 aliphatic carbocycles. The Kier molecular flexibility index (Phi) is 9.42. The maximum Gasteiger partial charge on any atom is 0.273 e. The average Bonchev–Trinajstić information content (AvgIpc) is 3.10. The Morgan fingerprint density at radius 3 is 2.50 bits per heavy atom. The van der Waals surface area contributed by atoms with Crippen molar-refractivity contribution >= 4 is 52.1 Å². The van der Waals surface area contributed by atoms with Crippen molar-refractivity contribution < 1.29 is 19.5 Å². The summed E-state index contributed by atoms with van der Waals surface area (Å²) >= 11 is 6.64. The van der Waals surface area contributed by atoms with Crippen molar-refractivity contribution in [3.05, 3.63) is 82.8 Å². The molecule has 0 radical (unpaired) electrons. The summed E-state index contributed by atoms with van der Waals surface area (Å²) < 4.78 is 0.536. The second kappa shape index (κ2) is 12.7. The van der Waals surface area contributed by atoms with Gasteiger partial charge in [0, 0.05) is 13.0 Å². The molecule has 0 spiro atoms. The molecule has 1 aliphatic rings. The third kappa shape index (κ3) is 7.29. The van der Waals surface area contributed by atoms with Crippen LogP contribution in [0.1, 0.15) is 41.6 Å². The Morgan fingerprint density at radius 2 is 1.74 bits per heavy atom. The first-order valence-corrected chi connectivity index (χ1v) is 12.0. The van der Waals surface area contributed by atoms with Gasteiger partial charge in [-0.05, 0) is 36.6 Å². The number of hydrazine groups is 1. The van der Waals surface area contributed by atoms with Crippen molar-refractivity contribution in [2.75, 3.05) is 6.54 Å². The van der Waals surface area contributed by atoms with Crippen LogP contribution in [-0.2, 0) is 9.59 Å². The van der Waals surface area contributed by atoms with Gasteiger partial charge in [0.1, 0.15) is 10.1 Å². The molecule has 1 heterocycles. The zero-order valence-electron chi connectivity index (χ0n) is 18.4. The molecule has 176 valence electrons. The number of carbonyl (C=O) groups excluding carboxylic acids is 3. The van der Waals surface area contributed by atoms with E-state index in [2.05, 4.69) is 10.9 Å². The van der Waals surface area contributed by atoms with E-state index in [1.165, 1.54) is 23.9 Å². The second-order valence-corrected chi connectivity index (χ2v) is 9.13. The number of hydrogen-bond acceptors (Lipinski definition) is 6. The average molecular weight is 496 g/mol. The monoisotopic (exact) mass is 495 g/mol.